The molecule has 2 rings (SSSR count). The molecule has 5 heteroatoms. The monoisotopic (exact) mass is 311 g/mol. The van der Waals surface area contributed by atoms with Gasteiger partial charge < -0.3 is 14.5 Å². The summed E-state index contributed by atoms with van der Waals surface area (Å²) in [6.07, 6.45) is 1.09. The summed E-state index contributed by atoms with van der Waals surface area (Å²) in [6.45, 7) is 6.06. The van der Waals surface area contributed by atoms with Gasteiger partial charge in [0.15, 0.2) is 0 Å². The van der Waals surface area contributed by atoms with Gasteiger partial charge in [0.25, 0.3) is 0 Å². The van der Waals surface area contributed by atoms with Crippen molar-refractivity contribution in [3.05, 3.63) is 52.2 Å². The summed E-state index contributed by atoms with van der Waals surface area (Å²) in [6, 6.07) is 6.33. The minimum Gasteiger partial charge on any atom is -0.486 e. The van der Waals surface area contributed by atoms with E-state index in [1.54, 1.807) is 6.07 Å². The fourth-order valence-electron chi connectivity index (χ4n) is 1.96. The van der Waals surface area contributed by atoms with Crippen molar-refractivity contribution in [2.75, 3.05) is 6.54 Å². The van der Waals surface area contributed by atoms with Gasteiger partial charge in [-0.15, -0.1) is 0 Å². The molecule has 0 atom stereocenters. The summed E-state index contributed by atoms with van der Waals surface area (Å²) in [4.78, 5) is 0. The van der Waals surface area contributed by atoms with Gasteiger partial charge in [-0.05, 0) is 38.1 Å². The average molecular weight is 312 g/mol. The SMILES string of the molecule is CCCNCc1cc(COc2ccc(Cl)c(F)c2)oc1C. The second-order valence-corrected chi connectivity index (χ2v) is 5.24. The zero-order valence-electron chi connectivity index (χ0n) is 12.2. The largest absolute Gasteiger partial charge is 0.486 e. The quantitative estimate of drug-likeness (QED) is 0.767. The molecule has 1 heterocycles. The number of rotatable bonds is 7. The Labute approximate surface area is 129 Å². The number of halogens is 2. The summed E-state index contributed by atoms with van der Waals surface area (Å²) in [5.74, 6) is 1.53. The molecule has 0 saturated heterocycles. The standard InChI is InChI=1S/C16H19ClFNO2/c1-3-6-19-9-12-7-14(21-11(12)2)10-20-13-4-5-15(17)16(18)8-13/h4-5,7-8,19H,3,6,9-10H2,1-2H3. The number of nitrogens with one attached hydrogen (secondary N) is 1. The van der Waals surface area contributed by atoms with Gasteiger partial charge in [-0.1, -0.05) is 18.5 Å². The van der Waals surface area contributed by atoms with Crippen LogP contribution in [-0.2, 0) is 13.2 Å². The summed E-state index contributed by atoms with van der Waals surface area (Å²) >= 11 is 5.63. The van der Waals surface area contributed by atoms with E-state index >= 15 is 0 Å². The average Bonchev–Trinajstić information content (AvgIpc) is 2.81. The molecule has 0 amide bonds. The molecule has 3 nitrogen and oxygen atoms in total. The van der Waals surface area contributed by atoms with Gasteiger partial charge in [0.2, 0.25) is 0 Å². The Morgan fingerprint density at radius 2 is 2.14 bits per heavy atom. The van der Waals surface area contributed by atoms with Gasteiger partial charge in [-0.3, -0.25) is 0 Å². The van der Waals surface area contributed by atoms with E-state index in [1.807, 2.05) is 13.0 Å². The lowest BCUT2D eigenvalue weighted by molar-refractivity contribution is 0.266. The first-order valence-corrected chi connectivity index (χ1v) is 7.34. The molecule has 21 heavy (non-hydrogen) atoms. The Bertz CT molecular complexity index is 598. The Morgan fingerprint density at radius 3 is 2.86 bits per heavy atom. The molecule has 0 fully saturated rings. The van der Waals surface area contributed by atoms with E-state index in [2.05, 4.69) is 12.2 Å². The Kier molecular flexibility index (Phi) is 5.65. The normalized spacial score (nSPS) is 10.9. The highest BCUT2D eigenvalue weighted by Crippen LogP contribution is 2.22. The minimum absolute atomic E-state index is 0.0838. The minimum atomic E-state index is -0.491. The highest BCUT2D eigenvalue weighted by atomic mass is 35.5. The smallest absolute Gasteiger partial charge is 0.146 e. The molecule has 0 saturated carbocycles. The van der Waals surface area contributed by atoms with Crippen LogP contribution in [0.2, 0.25) is 5.02 Å². The lowest BCUT2D eigenvalue weighted by Gasteiger charge is -2.04. The summed E-state index contributed by atoms with van der Waals surface area (Å²) in [5, 5.41) is 3.41. The van der Waals surface area contributed by atoms with Crippen LogP contribution in [0.3, 0.4) is 0 Å². The van der Waals surface area contributed by atoms with Gasteiger partial charge in [-0.25, -0.2) is 4.39 Å². The van der Waals surface area contributed by atoms with E-state index in [0.717, 1.165) is 36.6 Å². The molecular formula is C16H19ClFNO2. The first kappa shape index (κ1) is 15.9. The van der Waals surface area contributed by atoms with Gasteiger partial charge in [0.05, 0.1) is 5.02 Å². The fraction of sp³-hybridized carbons (Fsp3) is 0.375. The first-order valence-electron chi connectivity index (χ1n) is 6.97. The molecule has 0 bridgehead atoms. The van der Waals surface area contributed by atoms with Crippen LogP contribution in [0.1, 0.15) is 30.4 Å². The van der Waals surface area contributed by atoms with Crippen LogP contribution in [0, 0.1) is 12.7 Å². The lowest BCUT2D eigenvalue weighted by Crippen LogP contribution is -2.13. The van der Waals surface area contributed by atoms with Crippen LogP contribution in [0.15, 0.2) is 28.7 Å². The molecule has 0 aliphatic heterocycles. The van der Waals surface area contributed by atoms with Crippen molar-refractivity contribution in [3.63, 3.8) is 0 Å². The van der Waals surface area contributed by atoms with Crippen molar-refractivity contribution in [3.8, 4) is 5.75 Å². The molecule has 0 spiro atoms. The topological polar surface area (TPSA) is 34.4 Å². The second-order valence-electron chi connectivity index (χ2n) is 4.84. The zero-order chi connectivity index (χ0) is 15.2. The number of furan rings is 1. The first-order chi connectivity index (χ1) is 10.1. The number of benzene rings is 1. The molecule has 0 aliphatic rings. The van der Waals surface area contributed by atoms with E-state index < -0.39 is 5.82 Å². The van der Waals surface area contributed by atoms with Crippen molar-refractivity contribution in [2.45, 2.75) is 33.4 Å². The summed E-state index contributed by atoms with van der Waals surface area (Å²) < 4.78 is 24.4. The second kappa shape index (κ2) is 7.48. The van der Waals surface area contributed by atoms with Crippen molar-refractivity contribution in [2.24, 2.45) is 0 Å². The highest BCUT2D eigenvalue weighted by Gasteiger charge is 2.08. The van der Waals surface area contributed by atoms with Crippen molar-refractivity contribution >= 4 is 11.6 Å². The van der Waals surface area contributed by atoms with Gasteiger partial charge in [0, 0.05) is 18.2 Å². The highest BCUT2D eigenvalue weighted by molar-refractivity contribution is 6.30. The van der Waals surface area contributed by atoms with E-state index in [-0.39, 0.29) is 11.6 Å². The summed E-state index contributed by atoms with van der Waals surface area (Å²) in [7, 11) is 0. The predicted octanol–water partition coefficient (Wildman–Crippen LogP) is 4.46. The van der Waals surface area contributed by atoms with E-state index in [1.165, 1.54) is 12.1 Å². The molecule has 114 valence electrons. The molecule has 2 aromatic rings. The summed E-state index contributed by atoms with van der Waals surface area (Å²) in [5.41, 5.74) is 1.12. The third-order valence-corrected chi connectivity index (χ3v) is 3.39. The van der Waals surface area contributed by atoms with Crippen molar-refractivity contribution in [1.29, 1.82) is 0 Å². The maximum atomic E-state index is 13.3. The number of aryl methyl sites for hydroxylation is 1. The lowest BCUT2D eigenvalue weighted by atomic mass is 10.2. The predicted molar refractivity (Wildman–Crippen MR) is 81.2 cm³/mol. The Balaban J connectivity index is 1.93. The van der Waals surface area contributed by atoms with Crippen LogP contribution in [0.4, 0.5) is 4.39 Å². The number of hydrogen-bond acceptors (Lipinski definition) is 3. The Morgan fingerprint density at radius 1 is 1.33 bits per heavy atom. The molecule has 0 aliphatic carbocycles. The van der Waals surface area contributed by atoms with Crippen LogP contribution in [0.5, 0.6) is 5.75 Å². The fourth-order valence-corrected chi connectivity index (χ4v) is 2.07. The molecule has 0 radical (unpaired) electrons. The molecular weight excluding hydrogens is 293 g/mol. The van der Waals surface area contributed by atoms with Crippen LogP contribution in [-0.4, -0.2) is 6.54 Å². The van der Waals surface area contributed by atoms with E-state index in [9.17, 15) is 4.39 Å². The number of hydrogen-bond donors (Lipinski definition) is 1. The van der Waals surface area contributed by atoms with E-state index in [4.69, 9.17) is 20.8 Å². The van der Waals surface area contributed by atoms with Crippen LogP contribution < -0.4 is 10.1 Å². The molecule has 1 N–H and O–H groups in total. The molecule has 0 unspecified atom stereocenters. The maximum Gasteiger partial charge on any atom is 0.146 e. The maximum absolute atomic E-state index is 13.3. The zero-order valence-corrected chi connectivity index (χ0v) is 13.0. The van der Waals surface area contributed by atoms with Gasteiger partial charge in [0.1, 0.15) is 29.7 Å². The Hall–Kier alpha value is -1.52. The van der Waals surface area contributed by atoms with Crippen molar-refractivity contribution < 1.29 is 13.5 Å². The third kappa shape index (κ3) is 4.48. The number of ether oxygens (including phenoxy) is 1. The van der Waals surface area contributed by atoms with Gasteiger partial charge in [-0.2, -0.15) is 0 Å². The van der Waals surface area contributed by atoms with E-state index in [0.29, 0.717) is 5.75 Å². The van der Waals surface area contributed by atoms with Crippen LogP contribution in [0.25, 0.3) is 0 Å². The van der Waals surface area contributed by atoms with Crippen molar-refractivity contribution in [1.82, 2.24) is 5.32 Å². The molecule has 1 aromatic heterocycles. The van der Waals surface area contributed by atoms with Gasteiger partial charge >= 0.3 is 0 Å². The van der Waals surface area contributed by atoms with Crippen LogP contribution >= 0.6 is 11.6 Å². The molecule has 1 aromatic carbocycles. The third-order valence-electron chi connectivity index (χ3n) is 3.09.